The second-order valence-electron chi connectivity index (χ2n) is 5.83. The molecule has 1 aliphatic rings. The zero-order valence-corrected chi connectivity index (χ0v) is 12.4. The number of ether oxygens (including phenoxy) is 1. The van der Waals surface area contributed by atoms with E-state index in [2.05, 4.69) is 37.1 Å². The van der Waals surface area contributed by atoms with E-state index >= 15 is 0 Å². The Balaban J connectivity index is 2.32. The van der Waals surface area contributed by atoms with Crippen molar-refractivity contribution in [2.75, 3.05) is 33.8 Å². The van der Waals surface area contributed by atoms with Crippen LogP contribution in [-0.2, 0) is 5.41 Å². The molecule has 1 saturated heterocycles. The number of benzene rings is 1. The molecule has 0 aliphatic carbocycles. The highest BCUT2D eigenvalue weighted by Gasteiger charge is 2.32. The van der Waals surface area contributed by atoms with Crippen LogP contribution in [0.15, 0.2) is 18.2 Å². The predicted octanol–water partition coefficient (Wildman–Crippen LogP) is 2.32. The fourth-order valence-electron chi connectivity index (χ4n) is 3.15. The lowest BCUT2D eigenvalue weighted by atomic mass is 9.74. The summed E-state index contributed by atoms with van der Waals surface area (Å²) in [5, 5.41) is 0. The largest absolute Gasteiger partial charge is 0.496 e. The van der Waals surface area contributed by atoms with Crippen molar-refractivity contribution in [2.24, 2.45) is 5.73 Å². The van der Waals surface area contributed by atoms with E-state index in [0.717, 1.165) is 25.3 Å². The molecule has 19 heavy (non-hydrogen) atoms. The number of likely N-dealkylation sites (tertiary alicyclic amines) is 1. The minimum atomic E-state index is 0.141. The van der Waals surface area contributed by atoms with Gasteiger partial charge in [-0.05, 0) is 63.5 Å². The van der Waals surface area contributed by atoms with Crippen LogP contribution in [-0.4, -0.2) is 38.7 Å². The summed E-state index contributed by atoms with van der Waals surface area (Å²) in [5.41, 5.74) is 8.87. The van der Waals surface area contributed by atoms with Crippen molar-refractivity contribution in [3.8, 4) is 5.75 Å². The lowest BCUT2D eigenvalue weighted by Gasteiger charge is -2.32. The van der Waals surface area contributed by atoms with Gasteiger partial charge in [0.05, 0.1) is 7.11 Å². The van der Waals surface area contributed by atoms with Crippen molar-refractivity contribution < 1.29 is 4.74 Å². The average molecular weight is 262 g/mol. The normalized spacial score (nSPS) is 25.1. The second-order valence-corrected chi connectivity index (χ2v) is 5.83. The fourth-order valence-corrected chi connectivity index (χ4v) is 3.15. The maximum Gasteiger partial charge on any atom is 0.121 e. The molecule has 1 heterocycles. The molecule has 1 aromatic rings. The van der Waals surface area contributed by atoms with Gasteiger partial charge in [-0.1, -0.05) is 12.1 Å². The minimum Gasteiger partial charge on any atom is -0.496 e. The van der Waals surface area contributed by atoms with E-state index in [1.54, 1.807) is 7.11 Å². The first kappa shape index (κ1) is 14.4. The maximum absolute atomic E-state index is 6.16. The average Bonchev–Trinajstić information content (AvgIpc) is 2.61. The van der Waals surface area contributed by atoms with Crippen LogP contribution in [0.2, 0.25) is 0 Å². The molecule has 106 valence electrons. The Morgan fingerprint density at radius 2 is 2.11 bits per heavy atom. The van der Waals surface area contributed by atoms with E-state index in [1.807, 2.05) is 0 Å². The van der Waals surface area contributed by atoms with Crippen LogP contribution in [0.4, 0.5) is 0 Å². The molecular formula is C16H26N2O. The van der Waals surface area contributed by atoms with Crippen molar-refractivity contribution in [3.63, 3.8) is 0 Å². The summed E-state index contributed by atoms with van der Waals surface area (Å²) in [6, 6.07) is 6.54. The highest BCUT2D eigenvalue weighted by Crippen LogP contribution is 2.36. The van der Waals surface area contributed by atoms with Crippen LogP contribution in [0.5, 0.6) is 5.75 Å². The van der Waals surface area contributed by atoms with E-state index in [1.165, 1.54) is 30.5 Å². The van der Waals surface area contributed by atoms with Crippen LogP contribution >= 0.6 is 0 Å². The summed E-state index contributed by atoms with van der Waals surface area (Å²) in [4.78, 5) is 2.41. The second kappa shape index (κ2) is 5.93. The number of methoxy groups -OCH3 is 1. The molecule has 1 fully saturated rings. The summed E-state index contributed by atoms with van der Waals surface area (Å²) in [7, 11) is 3.92. The van der Waals surface area contributed by atoms with Gasteiger partial charge in [-0.2, -0.15) is 0 Å². The number of aryl methyl sites for hydroxylation is 1. The third kappa shape index (κ3) is 2.93. The van der Waals surface area contributed by atoms with Gasteiger partial charge in [0.25, 0.3) is 0 Å². The van der Waals surface area contributed by atoms with E-state index in [0.29, 0.717) is 0 Å². The minimum absolute atomic E-state index is 0.141. The Kier molecular flexibility index (Phi) is 4.48. The molecule has 0 saturated carbocycles. The smallest absolute Gasteiger partial charge is 0.121 e. The number of nitrogens with two attached hydrogens (primary N) is 1. The molecule has 1 aliphatic heterocycles. The number of rotatable bonds is 3. The van der Waals surface area contributed by atoms with Crippen LogP contribution in [0.25, 0.3) is 0 Å². The van der Waals surface area contributed by atoms with Crippen LogP contribution in [0.3, 0.4) is 0 Å². The molecule has 3 nitrogen and oxygen atoms in total. The Hall–Kier alpha value is -1.06. The standard InChI is InChI=1S/C16H26N2O/c1-13-11-14(5-6-15(13)19-3)16(12-17)7-4-9-18(2)10-8-16/h5-6,11H,4,7-10,12,17H2,1-3H3. The van der Waals surface area contributed by atoms with Crippen molar-refractivity contribution in [2.45, 2.75) is 31.6 Å². The molecular weight excluding hydrogens is 236 g/mol. The zero-order valence-electron chi connectivity index (χ0n) is 12.4. The lowest BCUT2D eigenvalue weighted by Crippen LogP contribution is -2.36. The molecule has 0 radical (unpaired) electrons. The molecule has 0 aromatic heterocycles. The summed E-state index contributed by atoms with van der Waals surface area (Å²) in [6.45, 7) is 5.14. The summed E-state index contributed by atoms with van der Waals surface area (Å²) < 4.78 is 5.36. The maximum atomic E-state index is 6.16. The van der Waals surface area contributed by atoms with Crippen LogP contribution < -0.4 is 10.5 Å². The van der Waals surface area contributed by atoms with Crippen LogP contribution in [0, 0.1) is 6.92 Å². The molecule has 0 bridgehead atoms. The molecule has 2 rings (SSSR count). The van der Waals surface area contributed by atoms with Gasteiger partial charge in [0.1, 0.15) is 5.75 Å². The Morgan fingerprint density at radius 1 is 1.32 bits per heavy atom. The van der Waals surface area contributed by atoms with Crippen LogP contribution in [0.1, 0.15) is 30.4 Å². The molecule has 0 amide bonds. The van der Waals surface area contributed by atoms with Gasteiger partial charge in [-0.25, -0.2) is 0 Å². The van der Waals surface area contributed by atoms with Crippen molar-refractivity contribution >= 4 is 0 Å². The summed E-state index contributed by atoms with van der Waals surface area (Å²) >= 11 is 0. The number of hydrogen-bond donors (Lipinski definition) is 1. The van der Waals surface area contributed by atoms with Crippen molar-refractivity contribution in [3.05, 3.63) is 29.3 Å². The first-order valence-electron chi connectivity index (χ1n) is 7.15. The van der Waals surface area contributed by atoms with Gasteiger partial charge in [-0.15, -0.1) is 0 Å². The Bertz CT molecular complexity index is 433. The summed E-state index contributed by atoms with van der Waals surface area (Å²) in [5.74, 6) is 0.960. The molecule has 1 aromatic carbocycles. The molecule has 1 atom stereocenters. The van der Waals surface area contributed by atoms with E-state index in [4.69, 9.17) is 10.5 Å². The molecule has 3 heteroatoms. The molecule has 1 unspecified atom stereocenters. The van der Waals surface area contributed by atoms with Gasteiger partial charge in [-0.3, -0.25) is 0 Å². The quantitative estimate of drug-likeness (QED) is 0.908. The van der Waals surface area contributed by atoms with E-state index < -0.39 is 0 Å². The highest BCUT2D eigenvalue weighted by molar-refractivity contribution is 5.39. The first-order chi connectivity index (χ1) is 9.11. The topological polar surface area (TPSA) is 38.5 Å². The fraction of sp³-hybridized carbons (Fsp3) is 0.625. The highest BCUT2D eigenvalue weighted by atomic mass is 16.5. The van der Waals surface area contributed by atoms with Gasteiger partial charge < -0.3 is 15.4 Å². The van der Waals surface area contributed by atoms with E-state index in [-0.39, 0.29) is 5.41 Å². The third-order valence-corrected chi connectivity index (χ3v) is 4.57. The molecule has 2 N–H and O–H groups in total. The Morgan fingerprint density at radius 3 is 2.74 bits per heavy atom. The van der Waals surface area contributed by atoms with E-state index in [9.17, 15) is 0 Å². The first-order valence-corrected chi connectivity index (χ1v) is 7.15. The summed E-state index contributed by atoms with van der Waals surface area (Å²) in [6.07, 6.45) is 3.55. The molecule has 0 spiro atoms. The van der Waals surface area contributed by atoms with Crippen molar-refractivity contribution in [1.82, 2.24) is 4.90 Å². The third-order valence-electron chi connectivity index (χ3n) is 4.57. The monoisotopic (exact) mass is 262 g/mol. The predicted molar refractivity (Wildman–Crippen MR) is 79.8 cm³/mol. The SMILES string of the molecule is COc1ccc(C2(CN)CCCN(C)CC2)cc1C. The van der Waals surface area contributed by atoms with Crippen molar-refractivity contribution in [1.29, 1.82) is 0 Å². The number of nitrogens with zero attached hydrogens (tertiary/aromatic N) is 1. The number of hydrogen-bond acceptors (Lipinski definition) is 3. The Labute approximate surface area is 116 Å². The van der Waals surface area contributed by atoms with Gasteiger partial charge in [0.2, 0.25) is 0 Å². The van der Waals surface area contributed by atoms with Gasteiger partial charge in [0, 0.05) is 12.0 Å². The zero-order chi connectivity index (χ0) is 13.9. The lowest BCUT2D eigenvalue weighted by molar-refractivity contribution is 0.328. The van der Waals surface area contributed by atoms with Gasteiger partial charge in [0.15, 0.2) is 0 Å². The van der Waals surface area contributed by atoms with Gasteiger partial charge >= 0.3 is 0 Å².